The highest BCUT2D eigenvalue weighted by atomic mass is 19.4. The number of hydrogen-bond acceptors (Lipinski definition) is 2. The molecule has 1 rings (SSSR count). The molecular formula is C7H6F3NO. The molecule has 0 amide bonds. The van der Waals surface area contributed by atoms with Gasteiger partial charge in [0.2, 0.25) is 0 Å². The third-order valence-electron chi connectivity index (χ3n) is 1.11. The summed E-state index contributed by atoms with van der Waals surface area (Å²) in [4.78, 5) is 3.66. The molecule has 0 unspecified atom stereocenters. The van der Waals surface area contributed by atoms with Gasteiger partial charge in [0, 0.05) is 6.20 Å². The van der Waals surface area contributed by atoms with Crippen LogP contribution in [0.25, 0.3) is 0 Å². The molecule has 0 aliphatic carbocycles. The van der Waals surface area contributed by atoms with Crippen LogP contribution in [-0.4, -0.2) is 11.3 Å². The van der Waals surface area contributed by atoms with E-state index < -0.39 is 13.0 Å². The van der Waals surface area contributed by atoms with E-state index in [-0.39, 0.29) is 5.69 Å². The zero-order valence-electron chi connectivity index (χ0n) is 6.01. The maximum absolute atomic E-state index is 11.5. The molecule has 0 aliphatic heterocycles. The smallest absolute Gasteiger partial charge is 0.285 e. The van der Waals surface area contributed by atoms with Gasteiger partial charge in [0.05, 0.1) is 12.3 Å². The molecule has 2 nitrogen and oxygen atoms in total. The van der Waals surface area contributed by atoms with E-state index in [1.807, 2.05) is 0 Å². The fourth-order valence-electron chi connectivity index (χ4n) is 0.639. The van der Waals surface area contributed by atoms with Crippen molar-refractivity contribution in [2.24, 2.45) is 0 Å². The van der Waals surface area contributed by atoms with E-state index in [2.05, 4.69) is 9.72 Å². The lowest BCUT2D eigenvalue weighted by Crippen LogP contribution is -2.13. The summed E-state index contributed by atoms with van der Waals surface area (Å²) in [5.41, 5.74) is 0.259. The molecule has 1 aromatic rings. The van der Waals surface area contributed by atoms with Gasteiger partial charge in [0.15, 0.2) is 0 Å². The molecule has 0 saturated heterocycles. The number of aromatic nitrogens is 1. The average Bonchev–Trinajstić information content (AvgIpc) is 2.02. The number of hydrogen-bond donors (Lipinski definition) is 0. The van der Waals surface area contributed by atoms with Crippen molar-refractivity contribution in [2.75, 3.05) is 0 Å². The van der Waals surface area contributed by atoms with E-state index in [4.69, 9.17) is 0 Å². The highest BCUT2D eigenvalue weighted by molar-refractivity contribution is 5.01. The van der Waals surface area contributed by atoms with Crippen molar-refractivity contribution in [3.8, 4) is 0 Å². The molecule has 1 aromatic heterocycles. The van der Waals surface area contributed by atoms with Crippen molar-refractivity contribution in [3.05, 3.63) is 30.1 Å². The Morgan fingerprint density at radius 3 is 2.58 bits per heavy atom. The minimum Gasteiger partial charge on any atom is -0.285 e. The first kappa shape index (κ1) is 8.99. The first-order chi connectivity index (χ1) is 5.58. The van der Waals surface area contributed by atoms with Gasteiger partial charge >= 0.3 is 6.36 Å². The van der Waals surface area contributed by atoms with Crippen LogP contribution in [0.1, 0.15) is 5.69 Å². The fraction of sp³-hybridized carbons (Fsp3) is 0.286. The Bertz CT molecular complexity index is 234. The van der Waals surface area contributed by atoms with E-state index in [0.29, 0.717) is 0 Å². The Hall–Kier alpha value is -1.10. The minimum absolute atomic E-state index is 0.259. The van der Waals surface area contributed by atoms with Crippen LogP contribution in [0.3, 0.4) is 0 Å². The van der Waals surface area contributed by atoms with Crippen LogP contribution >= 0.6 is 0 Å². The quantitative estimate of drug-likeness (QED) is 0.690. The van der Waals surface area contributed by atoms with Gasteiger partial charge in [-0.25, -0.2) is 0 Å². The van der Waals surface area contributed by atoms with Gasteiger partial charge in [-0.3, -0.25) is 9.72 Å². The van der Waals surface area contributed by atoms with Crippen molar-refractivity contribution in [3.63, 3.8) is 0 Å². The van der Waals surface area contributed by atoms with Crippen LogP contribution in [0.5, 0.6) is 0 Å². The monoisotopic (exact) mass is 177 g/mol. The Balaban J connectivity index is 2.44. The van der Waals surface area contributed by atoms with Crippen LogP contribution in [-0.2, 0) is 11.3 Å². The lowest BCUT2D eigenvalue weighted by molar-refractivity contribution is -0.330. The summed E-state index contributed by atoms with van der Waals surface area (Å²) >= 11 is 0. The zero-order chi connectivity index (χ0) is 9.03. The molecule has 0 aromatic carbocycles. The van der Waals surface area contributed by atoms with Gasteiger partial charge in [-0.05, 0) is 12.1 Å². The molecule has 5 heteroatoms. The molecule has 0 spiro atoms. The molecule has 0 aliphatic rings. The molecule has 66 valence electrons. The predicted molar refractivity (Wildman–Crippen MR) is 35.1 cm³/mol. The van der Waals surface area contributed by atoms with Crippen molar-refractivity contribution in [1.29, 1.82) is 0 Å². The summed E-state index contributed by atoms with van der Waals surface area (Å²) in [5, 5.41) is 0. The van der Waals surface area contributed by atoms with Crippen molar-refractivity contribution in [1.82, 2.24) is 4.98 Å². The SMILES string of the molecule is FC(F)(F)OCc1ccccn1. The maximum atomic E-state index is 11.5. The normalized spacial score (nSPS) is 11.6. The Morgan fingerprint density at radius 2 is 2.08 bits per heavy atom. The van der Waals surface area contributed by atoms with Crippen molar-refractivity contribution >= 4 is 0 Å². The summed E-state index contributed by atoms with van der Waals surface area (Å²) in [6.07, 6.45) is -3.17. The zero-order valence-corrected chi connectivity index (χ0v) is 6.01. The van der Waals surface area contributed by atoms with Crippen LogP contribution in [0.4, 0.5) is 13.2 Å². The number of pyridine rings is 1. The number of alkyl halides is 3. The summed E-state index contributed by atoms with van der Waals surface area (Å²) in [5.74, 6) is 0. The molecule has 1 heterocycles. The first-order valence-electron chi connectivity index (χ1n) is 3.18. The molecule has 0 atom stereocenters. The molecule has 0 N–H and O–H groups in total. The van der Waals surface area contributed by atoms with E-state index in [0.717, 1.165) is 0 Å². The second-order valence-electron chi connectivity index (χ2n) is 2.06. The van der Waals surface area contributed by atoms with E-state index >= 15 is 0 Å². The minimum atomic E-state index is -4.59. The molecule has 0 radical (unpaired) electrons. The number of ether oxygens (including phenoxy) is 1. The van der Waals surface area contributed by atoms with Crippen molar-refractivity contribution < 1.29 is 17.9 Å². The predicted octanol–water partition coefficient (Wildman–Crippen LogP) is 2.12. The largest absolute Gasteiger partial charge is 0.522 e. The Labute approximate surface area is 67.0 Å². The number of rotatable bonds is 2. The summed E-state index contributed by atoms with van der Waals surface area (Å²) < 4.78 is 38.0. The highest BCUT2D eigenvalue weighted by Crippen LogP contribution is 2.17. The van der Waals surface area contributed by atoms with Crippen LogP contribution < -0.4 is 0 Å². The van der Waals surface area contributed by atoms with Gasteiger partial charge in [-0.15, -0.1) is 13.2 Å². The number of nitrogens with zero attached hydrogens (tertiary/aromatic N) is 1. The summed E-state index contributed by atoms with van der Waals surface area (Å²) in [6.45, 7) is -0.537. The molecule has 0 fully saturated rings. The van der Waals surface area contributed by atoms with Gasteiger partial charge in [0.25, 0.3) is 0 Å². The van der Waals surface area contributed by atoms with E-state index in [1.165, 1.54) is 12.3 Å². The summed E-state index contributed by atoms with van der Waals surface area (Å²) in [6, 6.07) is 4.69. The van der Waals surface area contributed by atoms with E-state index in [1.54, 1.807) is 12.1 Å². The first-order valence-corrected chi connectivity index (χ1v) is 3.18. The van der Waals surface area contributed by atoms with E-state index in [9.17, 15) is 13.2 Å². The van der Waals surface area contributed by atoms with Crippen LogP contribution in [0, 0.1) is 0 Å². The topological polar surface area (TPSA) is 22.1 Å². The third-order valence-corrected chi connectivity index (χ3v) is 1.11. The molecular weight excluding hydrogens is 171 g/mol. The van der Waals surface area contributed by atoms with Gasteiger partial charge in [0.1, 0.15) is 0 Å². The standard InChI is InChI=1S/C7H6F3NO/c8-7(9,10)12-5-6-3-1-2-4-11-6/h1-4H,5H2. The van der Waals surface area contributed by atoms with Gasteiger partial charge < -0.3 is 0 Å². The lowest BCUT2D eigenvalue weighted by Gasteiger charge is -2.05. The molecule has 12 heavy (non-hydrogen) atoms. The highest BCUT2D eigenvalue weighted by Gasteiger charge is 2.28. The second kappa shape index (κ2) is 3.53. The molecule has 0 bridgehead atoms. The van der Waals surface area contributed by atoms with Crippen molar-refractivity contribution in [2.45, 2.75) is 13.0 Å². The van der Waals surface area contributed by atoms with Crippen LogP contribution in [0.15, 0.2) is 24.4 Å². The lowest BCUT2D eigenvalue weighted by atomic mass is 10.4. The van der Waals surface area contributed by atoms with Crippen LogP contribution in [0.2, 0.25) is 0 Å². The van der Waals surface area contributed by atoms with Gasteiger partial charge in [-0.1, -0.05) is 6.07 Å². The Kier molecular flexibility index (Phi) is 2.65. The summed E-state index contributed by atoms with van der Waals surface area (Å²) in [7, 11) is 0. The number of halogens is 3. The Morgan fingerprint density at radius 1 is 1.33 bits per heavy atom. The maximum Gasteiger partial charge on any atom is 0.522 e. The average molecular weight is 177 g/mol. The molecule has 0 saturated carbocycles. The second-order valence-corrected chi connectivity index (χ2v) is 2.06. The van der Waals surface area contributed by atoms with Gasteiger partial charge in [-0.2, -0.15) is 0 Å². The third kappa shape index (κ3) is 3.34. The fourth-order valence-corrected chi connectivity index (χ4v) is 0.639.